The van der Waals surface area contributed by atoms with Crippen LogP contribution in [-0.4, -0.2) is 23.0 Å². The number of nitrogens with one attached hydrogen (secondary N) is 1. The topological polar surface area (TPSA) is 77.2 Å². The van der Waals surface area contributed by atoms with Crippen molar-refractivity contribution in [2.45, 2.75) is 6.54 Å². The highest BCUT2D eigenvalue weighted by Gasteiger charge is 2.07. The number of nitrogens with zero attached hydrogens (tertiary/aromatic N) is 2. The molecule has 116 valence electrons. The van der Waals surface area contributed by atoms with Crippen molar-refractivity contribution in [1.29, 1.82) is 0 Å². The van der Waals surface area contributed by atoms with Gasteiger partial charge in [-0.3, -0.25) is 9.78 Å². The van der Waals surface area contributed by atoms with Crippen molar-refractivity contribution in [3.63, 3.8) is 0 Å². The van der Waals surface area contributed by atoms with Gasteiger partial charge in [-0.2, -0.15) is 0 Å². The van der Waals surface area contributed by atoms with Gasteiger partial charge in [0.05, 0.1) is 30.9 Å². The predicted molar refractivity (Wildman–Crippen MR) is 83.9 cm³/mol. The molecular formula is C17H15N3O3. The van der Waals surface area contributed by atoms with E-state index in [2.05, 4.69) is 15.3 Å². The van der Waals surface area contributed by atoms with Crippen LogP contribution >= 0.6 is 0 Å². The summed E-state index contributed by atoms with van der Waals surface area (Å²) >= 11 is 0. The molecule has 0 bridgehead atoms. The molecule has 3 heterocycles. The van der Waals surface area contributed by atoms with Gasteiger partial charge in [-0.1, -0.05) is 6.07 Å². The number of carbonyl (C=O) groups excluding carboxylic acids is 1. The summed E-state index contributed by atoms with van der Waals surface area (Å²) in [7, 11) is 1.53. The van der Waals surface area contributed by atoms with Crippen molar-refractivity contribution in [2.75, 3.05) is 7.11 Å². The fourth-order valence-corrected chi connectivity index (χ4v) is 2.03. The Hall–Kier alpha value is -3.15. The zero-order valence-corrected chi connectivity index (χ0v) is 12.5. The number of pyridine rings is 2. The number of ether oxygens (including phenoxy) is 1. The van der Waals surface area contributed by atoms with E-state index in [0.717, 1.165) is 16.8 Å². The van der Waals surface area contributed by atoms with E-state index in [1.54, 1.807) is 30.9 Å². The maximum Gasteiger partial charge on any atom is 0.253 e. The molecule has 0 unspecified atom stereocenters. The van der Waals surface area contributed by atoms with Crippen LogP contribution < -0.4 is 10.1 Å². The van der Waals surface area contributed by atoms with Gasteiger partial charge in [0, 0.05) is 30.6 Å². The van der Waals surface area contributed by atoms with Gasteiger partial charge in [0.15, 0.2) is 0 Å². The zero-order valence-electron chi connectivity index (χ0n) is 12.5. The maximum atomic E-state index is 12.0. The molecule has 0 aliphatic heterocycles. The lowest BCUT2D eigenvalue weighted by molar-refractivity contribution is 0.0950. The van der Waals surface area contributed by atoms with E-state index in [-0.39, 0.29) is 5.91 Å². The molecule has 3 rings (SSSR count). The molecule has 0 atom stereocenters. The van der Waals surface area contributed by atoms with Crippen LogP contribution in [0.1, 0.15) is 15.9 Å². The van der Waals surface area contributed by atoms with Crippen molar-refractivity contribution < 1.29 is 13.9 Å². The first-order valence-corrected chi connectivity index (χ1v) is 7.02. The minimum absolute atomic E-state index is 0.195. The number of rotatable bonds is 5. The molecule has 0 aromatic carbocycles. The highest BCUT2D eigenvalue weighted by molar-refractivity contribution is 5.93. The molecule has 6 heteroatoms. The molecule has 0 radical (unpaired) electrons. The lowest BCUT2D eigenvalue weighted by atomic mass is 10.2. The second-order valence-corrected chi connectivity index (χ2v) is 4.84. The Bertz CT molecular complexity index is 766. The molecular weight excluding hydrogens is 294 g/mol. The van der Waals surface area contributed by atoms with Crippen LogP contribution in [0.2, 0.25) is 0 Å². The summed E-state index contributed by atoms with van der Waals surface area (Å²) in [5.74, 6) is 0.277. The Balaban J connectivity index is 1.60. The summed E-state index contributed by atoms with van der Waals surface area (Å²) in [5.41, 5.74) is 3.14. The highest BCUT2D eigenvalue weighted by atomic mass is 16.5. The predicted octanol–water partition coefficient (Wildman–Crippen LogP) is 2.68. The van der Waals surface area contributed by atoms with Crippen molar-refractivity contribution in [1.82, 2.24) is 15.3 Å². The summed E-state index contributed by atoms with van der Waals surface area (Å²) in [4.78, 5) is 20.4. The molecule has 0 aliphatic carbocycles. The van der Waals surface area contributed by atoms with Crippen LogP contribution in [0.25, 0.3) is 11.3 Å². The van der Waals surface area contributed by atoms with Crippen LogP contribution in [0.15, 0.2) is 59.7 Å². The molecule has 3 aromatic heterocycles. The minimum Gasteiger partial charge on any atom is -0.481 e. The third-order valence-corrected chi connectivity index (χ3v) is 3.30. The lowest BCUT2D eigenvalue weighted by Gasteiger charge is -2.06. The fraction of sp³-hybridized carbons (Fsp3) is 0.118. The van der Waals surface area contributed by atoms with E-state index in [1.807, 2.05) is 18.2 Å². The summed E-state index contributed by atoms with van der Waals surface area (Å²) < 4.78 is 9.99. The first kappa shape index (κ1) is 14.8. The van der Waals surface area contributed by atoms with Crippen LogP contribution in [-0.2, 0) is 6.54 Å². The highest BCUT2D eigenvalue weighted by Crippen LogP contribution is 2.17. The Morgan fingerprint density at radius 3 is 2.70 bits per heavy atom. The van der Waals surface area contributed by atoms with E-state index in [9.17, 15) is 4.79 Å². The van der Waals surface area contributed by atoms with Crippen LogP contribution in [0, 0.1) is 0 Å². The number of furan rings is 1. The monoisotopic (exact) mass is 309 g/mol. The molecule has 1 N–H and O–H groups in total. The van der Waals surface area contributed by atoms with E-state index in [4.69, 9.17) is 9.15 Å². The maximum absolute atomic E-state index is 12.0. The van der Waals surface area contributed by atoms with Gasteiger partial charge in [-0.15, -0.1) is 0 Å². The number of aromatic nitrogens is 2. The third kappa shape index (κ3) is 3.55. The first-order valence-electron chi connectivity index (χ1n) is 7.02. The standard InChI is InChI=1S/C17H15N3O3/c1-22-16-5-3-13(10-19-16)17(21)20-9-12-2-4-15(18-8-12)14-6-7-23-11-14/h2-8,10-11H,9H2,1H3,(H,20,21). The summed E-state index contributed by atoms with van der Waals surface area (Å²) in [6.07, 6.45) is 6.46. The van der Waals surface area contributed by atoms with Gasteiger partial charge in [0.1, 0.15) is 0 Å². The second-order valence-electron chi connectivity index (χ2n) is 4.84. The molecule has 0 spiro atoms. The van der Waals surface area contributed by atoms with Crippen molar-refractivity contribution >= 4 is 5.91 Å². The largest absolute Gasteiger partial charge is 0.481 e. The molecule has 6 nitrogen and oxygen atoms in total. The van der Waals surface area contributed by atoms with Gasteiger partial charge in [-0.25, -0.2) is 4.98 Å². The lowest BCUT2D eigenvalue weighted by Crippen LogP contribution is -2.22. The van der Waals surface area contributed by atoms with Gasteiger partial charge in [0.2, 0.25) is 5.88 Å². The number of amides is 1. The van der Waals surface area contributed by atoms with Crippen molar-refractivity contribution in [2.24, 2.45) is 0 Å². The molecule has 0 saturated heterocycles. The van der Waals surface area contributed by atoms with Crippen molar-refractivity contribution in [3.8, 4) is 17.1 Å². The molecule has 23 heavy (non-hydrogen) atoms. The van der Waals surface area contributed by atoms with Gasteiger partial charge >= 0.3 is 0 Å². The molecule has 1 amide bonds. The average molecular weight is 309 g/mol. The Labute approximate surface area is 133 Å². The Kier molecular flexibility index (Phi) is 4.33. The van der Waals surface area contributed by atoms with E-state index >= 15 is 0 Å². The molecule has 0 aliphatic rings. The third-order valence-electron chi connectivity index (χ3n) is 3.30. The summed E-state index contributed by atoms with van der Waals surface area (Å²) in [6.45, 7) is 0.392. The summed E-state index contributed by atoms with van der Waals surface area (Å²) in [6, 6.07) is 8.97. The van der Waals surface area contributed by atoms with Crippen molar-refractivity contribution in [3.05, 3.63) is 66.4 Å². The molecule has 0 saturated carbocycles. The van der Waals surface area contributed by atoms with Crippen LogP contribution in [0.5, 0.6) is 5.88 Å². The van der Waals surface area contributed by atoms with E-state index in [1.165, 1.54) is 13.3 Å². The number of carbonyl (C=O) groups is 1. The molecule has 3 aromatic rings. The normalized spacial score (nSPS) is 10.3. The summed E-state index contributed by atoms with van der Waals surface area (Å²) in [5, 5.41) is 2.83. The first-order chi connectivity index (χ1) is 11.3. The number of hydrogen-bond donors (Lipinski definition) is 1. The van der Waals surface area contributed by atoms with Gasteiger partial charge < -0.3 is 14.5 Å². The van der Waals surface area contributed by atoms with Gasteiger partial charge in [0.25, 0.3) is 5.91 Å². The van der Waals surface area contributed by atoms with Crippen LogP contribution in [0.3, 0.4) is 0 Å². The van der Waals surface area contributed by atoms with E-state index < -0.39 is 0 Å². The minimum atomic E-state index is -0.195. The molecule has 0 fully saturated rings. The fourth-order valence-electron chi connectivity index (χ4n) is 2.03. The van der Waals surface area contributed by atoms with Crippen LogP contribution in [0.4, 0.5) is 0 Å². The van der Waals surface area contributed by atoms with Gasteiger partial charge in [-0.05, 0) is 23.8 Å². The Morgan fingerprint density at radius 1 is 1.17 bits per heavy atom. The quantitative estimate of drug-likeness (QED) is 0.784. The zero-order chi connectivity index (χ0) is 16.1. The second kappa shape index (κ2) is 6.74. The number of hydrogen-bond acceptors (Lipinski definition) is 5. The average Bonchev–Trinajstić information content (AvgIpc) is 3.15. The smallest absolute Gasteiger partial charge is 0.253 e. The SMILES string of the molecule is COc1ccc(C(=O)NCc2ccc(-c3ccoc3)nc2)cn1. The van der Waals surface area contributed by atoms with E-state index in [0.29, 0.717) is 18.0 Å². The Morgan fingerprint density at radius 2 is 2.09 bits per heavy atom. The number of methoxy groups -OCH3 is 1.